The van der Waals surface area contributed by atoms with Crippen LogP contribution >= 0.6 is 15.9 Å². The van der Waals surface area contributed by atoms with Crippen LogP contribution < -0.4 is 4.74 Å². The van der Waals surface area contributed by atoms with Crippen LogP contribution in [0.15, 0.2) is 83.3 Å². The Morgan fingerprint density at radius 3 is 2.22 bits per heavy atom. The van der Waals surface area contributed by atoms with Crippen LogP contribution in [0.2, 0.25) is 0 Å². The van der Waals surface area contributed by atoms with Gasteiger partial charge in [-0.15, -0.1) is 0 Å². The van der Waals surface area contributed by atoms with Gasteiger partial charge in [0.1, 0.15) is 5.75 Å². The molecule has 0 heterocycles. The predicted molar refractivity (Wildman–Crippen MR) is 112 cm³/mol. The summed E-state index contributed by atoms with van der Waals surface area (Å²) in [4.78, 5) is 14.7. The smallest absolute Gasteiger partial charge is 0.257 e. The summed E-state index contributed by atoms with van der Waals surface area (Å²) < 4.78 is 6.81. The molecule has 0 aromatic heterocycles. The average molecular weight is 424 g/mol. The van der Waals surface area contributed by atoms with Crippen LogP contribution in [0.25, 0.3) is 0 Å². The first-order chi connectivity index (χ1) is 13.1. The third-order valence-electron chi connectivity index (χ3n) is 4.27. The van der Waals surface area contributed by atoms with Crippen LogP contribution in [0.3, 0.4) is 0 Å². The molecule has 1 amide bonds. The van der Waals surface area contributed by atoms with E-state index in [-0.39, 0.29) is 5.91 Å². The molecule has 27 heavy (non-hydrogen) atoms. The van der Waals surface area contributed by atoms with Crippen LogP contribution in [0.1, 0.15) is 21.5 Å². The summed E-state index contributed by atoms with van der Waals surface area (Å²) in [6.45, 7) is 1.07. The molecule has 3 nitrogen and oxygen atoms in total. The molecule has 0 saturated heterocycles. The second-order valence-electron chi connectivity index (χ2n) is 6.37. The lowest BCUT2D eigenvalue weighted by atomic mass is 10.1. The Kier molecular flexibility index (Phi) is 6.66. The third-order valence-corrected chi connectivity index (χ3v) is 4.77. The number of amides is 1. The van der Waals surface area contributed by atoms with Crippen molar-refractivity contribution in [2.45, 2.75) is 13.0 Å². The third kappa shape index (κ3) is 5.44. The van der Waals surface area contributed by atoms with Gasteiger partial charge >= 0.3 is 0 Å². The van der Waals surface area contributed by atoms with Crippen molar-refractivity contribution in [1.29, 1.82) is 0 Å². The number of carbonyl (C=O) groups excluding carboxylic acids is 1. The monoisotopic (exact) mass is 423 g/mol. The van der Waals surface area contributed by atoms with E-state index in [1.807, 2.05) is 73.8 Å². The lowest BCUT2D eigenvalue weighted by molar-refractivity contribution is 0.0780. The molecule has 0 bridgehead atoms. The van der Waals surface area contributed by atoms with Crippen LogP contribution in [-0.2, 0) is 13.0 Å². The van der Waals surface area contributed by atoms with E-state index in [0.29, 0.717) is 24.5 Å². The fraction of sp³-hybridized carbons (Fsp3) is 0.174. The van der Waals surface area contributed by atoms with Gasteiger partial charge in [0.25, 0.3) is 5.91 Å². The van der Waals surface area contributed by atoms with E-state index in [9.17, 15) is 4.79 Å². The minimum atomic E-state index is -0.0603. The van der Waals surface area contributed by atoms with Crippen molar-refractivity contribution in [1.82, 2.24) is 4.90 Å². The summed E-state index contributed by atoms with van der Waals surface area (Å²) in [7, 11) is 1.81. The molecule has 0 aliphatic heterocycles. The molecular formula is C23H22BrNO2. The van der Waals surface area contributed by atoms with Crippen molar-refractivity contribution in [3.63, 3.8) is 0 Å². The largest absolute Gasteiger partial charge is 0.492 e. The van der Waals surface area contributed by atoms with E-state index in [1.165, 1.54) is 5.56 Å². The highest BCUT2D eigenvalue weighted by molar-refractivity contribution is 9.10. The van der Waals surface area contributed by atoms with Gasteiger partial charge in [-0.1, -0.05) is 76.6 Å². The van der Waals surface area contributed by atoms with E-state index < -0.39 is 0 Å². The minimum Gasteiger partial charge on any atom is -0.492 e. The highest BCUT2D eigenvalue weighted by Crippen LogP contribution is 2.25. The Labute approximate surface area is 168 Å². The van der Waals surface area contributed by atoms with Gasteiger partial charge in [-0.2, -0.15) is 0 Å². The van der Waals surface area contributed by atoms with Crippen molar-refractivity contribution < 1.29 is 9.53 Å². The Morgan fingerprint density at radius 1 is 0.926 bits per heavy atom. The van der Waals surface area contributed by atoms with Crippen LogP contribution in [-0.4, -0.2) is 24.5 Å². The van der Waals surface area contributed by atoms with Crippen molar-refractivity contribution in [3.8, 4) is 5.75 Å². The van der Waals surface area contributed by atoms with E-state index >= 15 is 0 Å². The van der Waals surface area contributed by atoms with Gasteiger partial charge in [0.05, 0.1) is 12.2 Å². The Balaban J connectivity index is 1.70. The van der Waals surface area contributed by atoms with Crippen molar-refractivity contribution in [2.24, 2.45) is 0 Å². The van der Waals surface area contributed by atoms with Crippen molar-refractivity contribution in [3.05, 3.63) is 100 Å². The van der Waals surface area contributed by atoms with E-state index in [4.69, 9.17) is 4.74 Å². The normalized spacial score (nSPS) is 10.4. The summed E-state index contributed by atoms with van der Waals surface area (Å²) >= 11 is 3.46. The second kappa shape index (κ2) is 9.38. The van der Waals surface area contributed by atoms with Crippen molar-refractivity contribution in [2.75, 3.05) is 13.7 Å². The molecular weight excluding hydrogens is 402 g/mol. The predicted octanol–water partition coefficient (Wildman–Crippen LogP) is 5.34. The Morgan fingerprint density at radius 2 is 1.56 bits per heavy atom. The zero-order chi connectivity index (χ0) is 19.1. The van der Waals surface area contributed by atoms with Gasteiger partial charge in [0.2, 0.25) is 0 Å². The zero-order valence-electron chi connectivity index (χ0n) is 15.3. The number of hydrogen-bond donors (Lipinski definition) is 0. The first-order valence-electron chi connectivity index (χ1n) is 8.89. The van der Waals surface area contributed by atoms with Crippen molar-refractivity contribution >= 4 is 21.8 Å². The molecule has 138 valence electrons. The molecule has 3 aromatic rings. The number of ether oxygens (including phenoxy) is 1. The quantitative estimate of drug-likeness (QED) is 0.512. The first-order valence-corrected chi connectivity index (χ1v) is 9.68. The molecule has 0 fully saturated rings. The summed E-state index contributed by atoms with van der Waals surface area (Å²) in [5.41, 5.74) is 2.87. The highest BCUT2D eigenvalue weighted by Gasteiger charge is 2.18. The summed E-state index contributed by atoms with van der Waals surface area (Å²) in [6.07, 6.45) is 0.796. The lowest BCUT2D eigenvalue weighted by Crippen LogP contribution is -2.26. The first kappa shape index (κ1) is 19.2. The highest BCUT2D eigenvalue weighted by atomic mass is 79.9. The molecule has 0 atom stereocenters. The van der Waals surface area contributed by atoms with Gasteiger partial charge in [0.15, 0.2) is 0 Å². The summed E-state index contributed by atoms with van der Waals surface area (Å²) in [5, 5.41) is 0. The number of carbonyl (C=O) groups is 1. The van der Waals surface area contributed by atoms with Crippen LogP contribution in [0.4, 0.5) is 0 Å². The molecule has 0 spiro atoms. The number of benzene rings is 3. The lowest BCUT2D eigenvalue weighted by Gasteiger charge is -2.19. The number of hydrogen-bond acceptors (Lipinski definition) is 2. The Hall–Kier alpha value is -2.59. The number of nitrogens with zero attached hydrogens (tertiary/aromatic N) is 1. The summed E-state index contributed by atoms with van der Waals surface area (Å²) in [5.74, 6) is 0.550. The average Bonchev–Trinajstić information content (AvgIpc) is 2.70. The number of halogens is 1. The maximum atomic E-state index is 13.0. The van der Waals surface area contributed by atoms with Crippen LogP contribution in [0.5, 0.6) is 5.75 Å². The van der Waals surface area contributed by atoms with Gasteiger partial charge < -0.3 is 9.64 Å². The number of rotatable bonds is 7. The molecule has 0 aliphatic rings. The van der Waals surface area contributed by atoms with Gasteiger partial charge in [-0.3, -0.25) is 4.79 Å². The van der Waals surface area contributed by atoms with E-state index in [0.717, 1.165) is 16.5 Å². The molecule has 4 heteroatoms. The topological polar surface area (TPSA) is 29.5 Å². The van der Waals surface area contributed by atoms with E-state index in [2.05, 4.69) is 28.1 Å². The second-order valence-corrected chi connectivity index (χ2v) is 7.29. The molecule has 3 aromatic carbocycles. The van der Waals surface area contributed by atoms with E-state index in [1.54, 1.807) is 4.90 Å². The molecule has 0 aliphatic carbocycles. The fourth-order valence-electron chi connectivity index (χ4n) is 2.85. The van der Waals surface area contributed by atoms with Gasteiger partial charge in [0, 0.05) is 24.5 Å². The molecule has 3 rings (SSSR count). The molecule has 0 radical (unpaired) electrons. The molecule has 0 saturated carbocycles. The molecule has 0 unspecified atom stereocenters. The fourth-order valence-corrected chi connectivity index (χ4v) is 3.21. The van der Waals surface area contributed by atoms with Gasteiger partial charge in [-0.05, 0) is 29.3 Å². The standard InChI is InChI=1S/C23H22BrNO2/c1-25(17-19-10-6-3-7-11-19)23(26)21-16-20(24)12-13-22(21)27-15-14-18-8-4-2-5-9-18/h2-13,16H,14-15,17H2,1H3. The molecule has 0 N–H and O–H groups in total. The Bertz CT molecular complexity index is 881. The van der Waals surface area contributed by atoms with Gasteiger partial charge in [-0.25, -0.2) is 0 Å². The SMILES string of the molecule is CN(Cc1ccccc1)C(=O)c1cc(Br)ccc1OCCc1ccccc1. The summed E-state index contributed by atoms with van der Waals surface area (Å²) in [6, 6.07) is 25.7. The maximum Gasteiger partial charge on any atom is 0.257 e. The zero-order valence-corrected chi connectivity index (χ0v) is 16.9. The maximum absolute atomic E-state index is 13.0. The minimum absolute atomic E-state index is 0.0603. The van der Waals surface area contributed by atoms with Crippen LogP contribution in [0, 0.1) is 0 Å².